The molecule has 0 aliphatic heterocycles. The topological polar surface area (TPSA) is 38.8 Å². The number of rotatable bonds is 6. The van der Waals surface area contributed by atoms with Gasteiger partial charge in [0.2, 0.25) is 0 Å². The van der Waals surface area contributed by atoms with Crippen LogP contribution < -0.4 is 9.47 Å². The van der Waals surface area contributed by atoms with E-state index in [1.807, 2.05) is 30.3 Å². The molecule has 0 aliphatic carbocycles. The molecule has 0 aromatic heterocycles. The number of hydrogen-bond donors (Lipinski definition) is 0. The van der Waals surface area contributed by atoms with Crippen LogP contribution in [0.3, 0.4) is 0 Å². The molecule has 0 heterocycles. The van der Waals surface area contributed by atoms with Crippen LogP contribution in [0.5, 0.6) is 11.5 Å². The number of benzene rings is 2. The summed E-state index contributed by atoms with van der Waals surface area (Å²) in [4.78, 5) is 14.0. The van der Waals surface area contributed by atoms with Crippen LogP contribution in [0.1, 0.15) is 12.5 Å². The predicted octanol–water partition coefficient (Wildman–Crippen LogP) is 3.12. The number of amides is 1. The van der Waals surface area contributed by atoms with Crippen LogP contribution in [0.4, 0.5) is 0 Å². The van der Waals surface area contributed by atoms with Crippen LogP contribution in [0.25, 0.3) is 0 Å². The van der Waals surface area contributed by atoms with Crippen molar-refractivity contribution in [3.05, 3.63) is 60.2 Å². The zero-order valence-corrected chi connectivity index (χ0v) is 13.2. The summed E-state index contributed by atoms with van der Waals surface area (Å²) in [5.41, 5.74) is 1.09. The molecule has 2 rings (SSSR count). The summed E-state index contributed by atoms with van der Waals surface area (Å²) in [7, 11) is 3.39. The van der Waals surface area contributed by atoms with Gasteiger partial charge in [0.1, 0.15) is 11.5 Å². The van der Waals surface area contributed by atoms with E-state index in [1.54, 1.807) is 50.2 Å². The van der Waals surface area contributed by atoms with Crippen LogP contribution in [0.2, 0.25) is 0 Å². The van der Waals surface area contributed by atoms with Crippen LogP contribution in [0.15, 0.2) is 54.6 Å². The molecule has 0 fully saturated rings. The molecular formula is C18H21NO3. The van der Waals surface area contributed by atoms with Crippen LogP contribution in [-0.2, 0) is 11.3 Å². The Balaban J connectivity index is 1.93. The second-order valence-electron chi connectivity index (χ2n) is 5.12. The lowest BCUT2D eigenvalue weighted by atomic mass is 10.2. The molecule has 2 aromatic rings. The van der Waals surface area contributed by atoms with Crippen LogP contribution in [0, 0.1) is 0 Å². The summed E-state index contributed by atoms with van der Waals surface area (Å²) in [5.74, 6) is 1.35. The fraction of sp³-hybridized carbons (Fsp3) is 0.278. The Hall–Kier alpha value is -2.49. The highest BCUT2D eigenvalue weighted by atomic mass is 16.5. The molecule has 4 heteroatoms. The third kappa shape index (κ3) is 4.25. The van der Waals surface area contributed by atoms with Gasteiger partial charge in [0.15, 0.2) is 6.10 Å². The first kappa shape index (κ1) is 15.9. The molecule has 0 N–H and O–H groups in total. The van der Waals surface area contributed by atoms with Crippen molar-refractivity contribution < 1.29 is 14.3 Å². The molecule has 0 unspecified atom stereocenters. The Labute approximate surface area is 131 Å². The third-order valence-electron chi connectivity index (χ3n) is 3.36. The monoisotopic (exact) mass is 299 g/mol. The minimum absolute atomic E-state index is 0.0559. The van der Waals surface area contributed by atoms with E-state index < -0.39 is 6.10 Å². The highest BCUT2D eigenvalue weighted by molar-refractivity contribution is 5.80. The molecule has 116 valence electrons. The maximum absolute atomic E-state index is 12.4. The number of likely N-dealkylation sites (N-methyl/N-ethyl adjacent to an activating group) is 1. The predicted molar refractivity (Wildman–Crippen MR) is 86.0 cm³/mol. The van der Waals surface area contributed by atoms with Crippen LogP contribution >= 0.6 is 0 Å². The molecule has 4 nitrogen and oxygen atoms in total. The Morgan fingerprint density at radius 2 is 1.64 bits per heavy atom. The van der Waals surface area contributed by atoms with Gasteiger partial charge in [-0.25, -0.2) is 0 Å². The van der Waals surface area contributed by atoms with E-state index in [-0.39, 0.29) is 5.91 Å². The zero-order chi connectivity index (χ0) is 15.9. The fourth-order valence-electron chi connectivity index (χ4n) is 2.15. The molecule has 0 bridgehead atoms. The first-order valence-corrected chi connectivity index (χ1v) is 7.20. The summed E-state index contributed by atoms with van der Waals surface area (Å²) in [6.07, 6.45) is -0.540. The molecule has 0 spiro atoms. The first-order valence-electron chi connectivity index (χ1n) is 7.20. The molecule has 0 saturated heterocycles. The van der Waals surface area contributed by atoms with E-state index in [9.17, 15) is 4.79 Å². The maximum Gasteiger partial charge on any atom is 0.263 e. The van der Waals surface area contributed by atoms with Gasteiger partial charge in [-0.05, 0) is 36.8 Å². The summed E-state index contributed by atoms with van der Waals surface area (Å²) < 4.78 is 10.8. The van der Waals surface area contributed by atoms with Crippen molar-refractivity contribution in [2.24, 2.45) is 0 Å². The Kier molecular flexibility index (Phi) is 5.42. The average Bonchev–Trinajstić information content (AvgIpc) is 2.55. The standard InChI is InChI=1S/C18H21NO3/c1-14(22-17-11-9-16(21-3)10-12-17)18(20)19(2)13-15-7-5-4-6-8-15/h4-12,14H,13H2,1-3H3/t14-/m1/s1. The molecule has 1 atom stereocenters. The number of ether oxygens (including phenoxy) is 2. The van der Waals surface area contributed by atoms with E-state index >= 15 is 0 Å². The minimum atomic E-state index is -0.540. The third-order valence-corrected chi connectivity index (χ3v) is 3.36. The van der Waals surface area contributed by atoms with E-state index in [0.29, 0.717) is 12.3 Å². The fourth-order valence-corrected chi connectivity index (χ4v) is 2.15. The summed E-state index contributed by atoms with van der Waals surface area (Å²) in [5, 5.41) is 0. The molecule has 1 amide bonds. The average molecular weight is 299 g/mol. The number of methoxy groups -OCH3 is 1. The number of carbonyl (C=O) groups is 1. The second kappa shape index (κ2) is 7.50. The molecule has 0 aliphatic rings. The van der Waals surface area contributed by atoms with Gasteiger partial charge in [-0.3, -0.25) is 4.79 Å². The smallest absolute Gasteiger partial charge is 0.263 e. The van der Waals surface area contributed by atoms with Gasteiger partial charge in [0, 0.05) is 13.6 Å². The van der Waals surface area contributed by atoms with E-state index in [4.69, 9.17) is 9.47 Å². The minimum Gasteiger partial charge on any atom is -0.497 e. The molecular weight excluding hydrogens is 278 g/mol. The van der Waals surface area contributed by atoms with Gasteiger partial charge in [-0.1, -0.05) is 30.3 Å². The number of hydrogen-bond acceptors (Lipinski definition) is 3. The van der Waals surface area contributed by atoms with Gasteiger partial charge in [0.05, 0.1) is 7.11 Å². The number of carbonyl (C=O) groups excluding carboxylic acids is 1. The van der Waals surface area contributed by atoms with Crippen LogP contribution in [-0.4, -0.2) is 31.1 Å². The van der Waals surface area contributed by atoms with Crippen molar-refractivity contribution >= 4 is 5.91 Å². The number of nitrogens with zero attached hydrogens (tertiary/aromatic N) is 1. The largest absolute Gasteiger partial charge is 0.497 e. The van der Waals surface area contributed by atoms with Crippen molar-refractivity contribution in [3.8, 4) is 11.5 Å². The van der Waals surface area contributed by atoms with Gasteiger partial charge in [-0.15, -0.1) is 0 Å². The summed E-state index contributed by atoms with van der Waals surface area (Å²) in [6, 6.07) is 17.1. The summed E-state index contributed by atoms with van der Waals surface area (Å²) >= 11 is 0. The lowest BCUT2D eigenvalue weighted by Gasteiger charge is -2.22. The van der Waals surface area contributed by atoms with E-state index in [1.165, 1.54) is 0 Å². The highest BCUT2D eigenvalue weighted by Crippen LogP contribution is 2.18. The van der Waals surface area contributed by atoms with Crippen molar-refractivity contribution in [2.75, 3.05) is 14.2 Å². The molecule has 0 saturated carbocycles. The van der Waals surface area contributed by atoms with Gasteiger partial charge >= 0.3 is 0 Å². The lowest BCUT2D eigenvalue weighted by molar-refractivity contribution is -0.137. The lowest BCUT2D eigenvalue weighted by Crippen LogP contribution is -2.37. The Morgan fingerprint density at radius 1 is 1.05 bits per heavy atom. The summed E-state index contributed by atoms with van der Waals surface area (Å²) in [6.45, 7) is 2.32. The van der Waals surface area contributed by atoms with Crippen molar-refractivity contribution in [1.82, 2.24) is 4.90 Å². The van der Waals surface area contributed by atoms with E-state index in [0.717, 1.165) is 11.3 Å². The van der Waals surface area contributed by atoms with Crippen molar-refractivity contribution in [1.29, 1.82) is 0 Å². The van der Waals surface area contributed by atoms with Gasteiger partial charge in [-0.2, -0.15) is 0 Å². The SMILES string of the molecule is COc1ccc(O[C@H](C)C(=O)N(C)Cc2ccccc2)cc1. The second-order valence-corrected chi connectivity index (χ2v) is 5.12. The quantitative estimate of drug-likeness (QED) is 0.822. The first-order chi connectivity index (χ1) is 10.6. The maximum atomic E-state index is 12.4. The Bertz CT molecular complexity index is 595. The molecule has 0 radical (unpaired) electrons. The van der Waals surface area contributed by atoms with Crippen molar-refractivity contribution in [2.45, 2.75) is 19.6 Å². The molecule has 2 aromatic carbocycles. The molecule has 22 heavy (non-hydrogen) atoms. The highest BCUT2D eigenvalue weighted by Gasteiger charge is 2.19. The van der Waals surface area contributed by atoms with Crippen molar-refractivity contribution in [3.63, 3.8) is 0 Å². The zero-order valence-electron chi connectivity index (χ0n) is 13.2. The Morgan fingerprint density at radius 3 is 2.23 bits per heavy atom. The van der Waals surface area contributed by atoms with E-state index in [2.05, 4.69) is 0 Å². The van der Waals surface area contributed by atoms with Gasteiger partial charge in [0.25, 0.3) is 5.91 Å². The normalized spacial score (nSPS) is 11.6. The van der Waals surface area contributed by atoms with Gasteiger partial charge < -0.3 is 14.4 Å².